The maximum atomic E-state index is 12.0. The summed E-state index contributed by atoms with van der Waals surface area (Å²) in [6.07, 6.45) is 7.44. The lowest BCUT2D eigenvalue weighted by Crippen LogP contribution is -2.28. The smallest absolute Gasteiger partial charge is 0.319 e. The van der Waals surface area contributed by atoms with Crippen LogP contribution >= 0.6 is 0 Å². The fraction of sp³-hybridized carbons (Fsp3) is 0.438. The zero-order chi connectivity index (χ0) is 16.8. The summed E-state index contributed by atoms with van der Waals surface area (Å²) in [7, 11) is 1.56. The molecule has 3 rings (SSSR count). The van der Waals surface area contributed by atoms with Gasteiger partial charge in [-0.15, -0.1) is 0 Å². The predicted molar refractivity (Wildman–Crippen MR) is 87.8 cm³/mol. The molecule has 1 fully saturated rings. The van der Waals surface area contributed by atoms with Gasteiger partial charge in [0.1, 0.15) is 0 Å². The predicted octanol–water partition coefficient (Wildman–Crippen LogP) is 1.79. The summed E-state index contributed by atoms with van der Waals surface area (Å²) in [6.45, 7) is 1.91. The van der Waals surface area contributed by atoms with Crippen LogP contribution in [0.3, 0.4) is 0 Å². The Balaban J connectivity index is 1.46. The Kier molecular flexibility index (Phi) is 5.27. The Labute approximate surface area is 140 Å². The number of anilines is 1. The zero-order valence-electron chi connectivity index (χ0n) is 13.6. The summed E-state index contributed by atoms with van der Waals surface area (Å²) < 4.78 is 12.4. The zero-order valence-corrected chi connectivity index (χ0v) is 13.6. The van der Waals surface area contributed by atoms with Crippen LogP contribution in [0.5, 0.6) is 5.88 Å². The van der Waals surface area contributed by atoms with Gasteiger partial charge in [-0.3, -0.25) is 4.68 Å². The highest BCUT2D eigenvalue weighted by Gasteiger charge is 2.16. The van der Waals surface area contributed by atoms with Crippen LogP contribution in [0, 0.1) is 0 Å². The molecule has 0 aromatic carbocycles. The molecular formula is C16H21N5O3. The highest BCUT2D eigenvalue weighted by molar-refractivity contribution is 5.88. The first kappa shape index (κ1) is 16.3. The van der Waals surface area contributed by atoms with E-state index in [1.807, 2.05) is 6.07 Å². The number of hydrogen-bond acceptors (Lipinski definition) is 5. The maximum absolute atomic E-state index is 12.0. The number of carbonyl (C=O) groups excluding carboxylic acids is 1. The highest BCUT2D eigenvalue weighted by Crippen LogP contribution is 2.15. The van der Waals surface area contributed by atoms with Gasteiger partial charge in [0.15, 0.2) is 0 Å². The number of methoxy groups -OCH3 is 1. The normalized spacial score (nSPS) is 16.8. The first-order valence-corrected chi connectivity index (χ1v) is 7.91. The summed E-state index contributed by atoms with van der Waals surface area (Å²) in [5, 5.41) is 9.79. The van der Waals surface area contributed by atoms with Crippen molar-refractivity contribution in [1.82, 2.24) is 20.1 Å². The number of ether oxygens (including phenoxy) is 2. The van der Waals surface area contributed by atoms with E-state index < -0.39 is 0 Å². The van der Waals surface area contributed by atoms with Crippen molar-refractivity contribution in [2.45, 2.75) is 32.0 Å². The van der Waals surface area contributed by atoms with E-state index >= 15 is 0 Å². The second-order valence-electron chi connectivity index (χ2n) is 5.60. The summed E-state index contributed by atoms with van der Waals surface area (Å²) in [4.78, 5) is 16.0. The van der Waals surface area contributed by atoms with Crippen LogP contribution in [0.25, 0.3) is 0 Å². The molecule has 3 heterocycles. The number of hydrogen-bond donors (Lipinski definition) is 2. The number of nitrogens with one attached hydrogen (secondary N) is 2. The van der Waals surface area contributed by atoms with Crippen LogP contribution in [0.4, 0.5) is 10.5 Å². The molecule has 24 heavy (non-hydrogen) atoms. The molecular weight excluding hydrogens is 310 g/mol. The lowest BCUT2D eigenvalue weighted by Gasteiger charge is -2.08. The first-order valence-electron chi connectivity index (χ1n) is 7.91. The van der Waals surface area contributed by atoms with E-state index in [9.17, 15) is 4.79 Å². The Morgan fingerprint density at radius 1 is 1.54 bits per heavy atom. The number of amides is 2. The Hall–Kier alpha value is -2.61. The molecule has 0 radical (unpaired) electrons. The van der Waals surface area contributed by atoms with Gasteiger partial charge in [0.25, 0.3) is 0 Å². The molecule has 0 aliphatic carbocycles. The number of pyridine rings is 1. The van der Waals surface area contributed by atoms with Gasteiger partial charge in [0, 0.05) is 31.6 Å². The van der Waals surface area contributed by atoms with Crippen LogP contribution < -0.4 is 15.4 Å². The highest BCUT2D eigenvalue weighted by atomic mass is 16.5. The lowest BCUT2D eigenvalue weighted by atomic mass is 10.2. The van der Waals surface area contributed by atoms with Crippen LogP contribution in [0.15, 0.2) is 30.7 Å². The van der Waals surface area contributed by atoms with Crippen molar-refractivity contribution in [2.24, 2.45) is 0 Å². The van der Waals surface area contributed by atoms with E-state index in [0.717, 1.165) is 25.0 Å². The molecule has 8 heteroatoms. The number of nitrogens with zero attached hydrogens (tertiary/aromatic N) is 3. The van der Waals surface area contributed by atoms with Crippen LogP contribution in [0.1, 0.15) is 18.4 Å². The van der Waals surface area contributed by atoms with E-state index in [2.05, 4.69) is 20.7 Å². The summed E-state index contributed by atoms with van der Waals surface area (Å²) in [5.74, 6) is 0.519. The average Bonchev–Trinajstić information content (AvgIpc) is 3.26. The molecule has 2 N–H and O–H groups in total. The van der Waals surface area contributed by atoms with Gasteiger partial charge in [-0.05, 0) is 24.5 Å². The third-order valence-corrected chi connectivity index (χ3v) is 3.77. The van der Waals surface area contributed by atoms with Crippen LogP contribution in [-0.2, 0) is 17.8 Å². The number of urea groups is 1. The molecule has 2 aromatic heterocycles. The minimum absolute atomic E-state index is 0.216. The number of rotatable bonds is 6. The van der Waals surface area contributed by atoms with E-state index in [-0.39, 0.29) is 12.1 Å². The lowest BCUT2D eigenvalue weighted by molar-refractivity contribution is 0.0940. The molecule has 0 bridgehead atoms. The van der Waals surface area contributed by atoms with Crippen molar-refractivity contribution in [1.29, 1.82) is 0 Å². The van der Waals surface area contributed by atoms with E-state index in [0.29, 0.717) is 24.7 Å². The van der Waals surface area contributed by atoms with Gasteiger partial charge in [0.2, 0.25) is 5.88 Å². The topological polar surface area (TPSA) is 90.3 Å². The second kappa shape index (κ2) is 7.78. The Morgan fingerprint density at radius 2 is 2.46 bits per heavy atom. The maximum Gasteiger partial charge on any atom is 0.319 e. The van der Waals surface area contributed by atoms with Gasteiger partial charge in [-0.1, -0.05) is 0 Å². The van der Waals surface area contributed by atoms with E-state index in [4.69, 9.17) is 9.47 Å². The summed E-state index contributed by atoms with van der Waals surface area (Å²) in [6, 6.07) is 3.31. The minimum atomic E-state index is -0.289. The molecule has 128 valence electrons. The van der Waals surface area contributed by atoms with Crippen LogP contribution in [-0.4, -0.2) is 40.6 Å². The molecule has 1 unspecified atom stereocenters. The fourth-order valence-corrected chi connectivity index (χ4v) is 2.55. The monoisotopic (exact) mass is 331 g/mol. The van der Waals surface area contributed by atoms with Gasteiger partial charge in [-0.25, -0.2) is 9.78 Å². The molecule has 0 spiro atoms. The molecule has 2 aromatic rings. The van der Waals surface area contributed by atoms with Gasteiger partial charge in [0.05, 0.1) is 31.6 Å². The third-order valence-electron chi connectivity index (χ3n) is 3.77. The van der Waals surface area contributed by atoms with Crippen molar-refractivity contribution >= 4 is 11.7 Å². The molecule has 2 amide bonds. The number of aromatic nitrogens is 3. The summed E-state index contributed by atoms with van der Waals surface area (Å²) >= 11 is 0. The quantitative estimate of drug-likeness (QED) is 0.842. The van der Waals surface area contributed by atoms with Crippen molar-refractivity contribution in [2.75, 3.05) is 19.0 Å². The van der Waals surface area contributed by atoms with E-state index in [1.165, 1.54) is 0 Å². The van der Waals surface area contributed by atoms with Gasteiger partial charge < -0.3 is 20.1 Å². The third kappa shape index (κ3) is 4.45. The standard InChI is InChI=1S/C16H21N5O3/c1-23-15-7-12(4-5-17-15)8-18-16(22)20-13-9-19-21(10-13)11-14-3-2-6-24-14/h4-5,7,9-10,14H,2-3,6,8,11H2,1H3,(H2,18,20,22). The largest absolute Gasteiger partial charge is 0.481 e. The Morgan fingerprint density at radius 3 is 3.25 bits per heavy atom. The fourth-order valence-electron chi connectivity index (χ4n) is 2.55. The van der Waals surface area contributed by atoms with Crippen molar-refractivity contribution in [3.63, 3.8) is 0 Å². The molecule has 1 aliphatic heterocycles. The second-order valence-corrected chi connectivity index (χ2v) is 5.60. The van der Waals surface area contributed by atoms with Crippen molar-refractivity contribution in [3.05, 3.63) is 36.3 Å². The average molecular weight is 331 g/mol. The minimum Gasteiger partial charge on any atom is -0.481 e. The molecule has 0 saturated carbocycles. The summed E-state index contributed by atoms with van der Waals surface area (Å²) in [5.41, 5.74) is 1.56. The van der Waals surface area contributed by atoms with Crippen LogP contribution in [0.2, 0.25) is 0 Å². The SMILES string of the molecule is COc1cc(CNC(=O)Nc2cnn(CC3CCCO3)c2)ccn1. The van der Waals surface area contributed by atoms with Gasteiger partial charge >= 0.3 is 6.03 Å². The first-order chi connectivity index (χ1) is 11.7. The number of carbonyl (C=O) groups is 1. The van der Waals surface area contributed by atoms with Gasteiger partial charge in [-0.2, -0.15) is 5.10 Å². The van der Waals surface area contributed by atoms with E-state index in [1.54, 1.807) is 36.4 Å². The Bertz CT molecular complexity index is 682. The molecule has 1 aliphatic rings. The van der Waals surface area contributed by atoms with Crippen molar-refractivity contribution < 1.29 is 14.3 Å². The molecule has 1 saturated heterocycles. The molecule has 8 nitrogen and oxygen atoms in total. The molecule has 1 atom stereocenters. The van der Waals surface area contributed by atoms with Crippen molar-refractivity contribution in [3.8, 4) is 5.88 Å².